The molecule has 0 radical (unpaired) electrons. The molecule has 3 rings (SSSR count). The first-order valence-electron chi connectivity index (χ1n) is 10.7. The highest BCUT2D eigenvalue weighted by atomic mass is 16.6. The molecular weight excluding hydrogens is 482 g/mol. The summed E-state index contributed by atoms with van der Waals surface area (Å²) in [6.07, 6.45) is -0.540. The number of ether oxygens (including phenoxy) is 1. The Morgan fingerprint density at radius 3 is 1.67 bits per heavy atom. The molecule has 0 unspecified atom stereocenters. The minimum atomic E-state index is -0.876. The van der Waals surface area contributed by atoms with Crippen molar-refractivity contribution in [3.63, 3.8) is 0 Å². The molecule has 0 fully saturated rings. The Bertz CT molecular complexity index is 1210. The zero-order chi connectivity index (χ0) is 26.9. The number of fused-ring (bicyclic) bond motifs is 3. The van der Waals surface area contributed by atoms with Gasteiger partial charge in [-0.15, -0.1) is 0 Å². The lowest BCUT2D eigenvalue weighted by Crippen LogP contribution is -2.30. The summed E-state index contributed by atoms with van der Waals surface area (Å²) in [5.74, 6) is -0.860. The molecule has 0 spiro atoms. The number of carbonyl (C=O) groups excluding carboxylic acids is 1. The second kappa shape index (κ2) is 9.89. The predicted octanol–water partition coefficient (Wildman–Crippen LogP) is 4.69. The molecule has 1 amide bonds. The summed E-state index contributed by atoms with van der Waals surface area (Å²) in [6, 6.07) is 3.62. The fourth-order valence-corrected chi connectivity index (χ4v) is 4.25. The zero-order valence-corrected chi connectivity index (χ0v) is 19.4. The van der Waals surface area contributed by atoms with E-state index in [2.05, 4.69) is 0 Å². The van der Waals surface area contributed by atoms with Crippen molar-refractivity contribution >= 4 is 28.8 Å². The Kier molecular flexibility index (Phi) is 7.12. The molecule has 2 aromatic rings. The molecule has 15 nitrogen and oxygen atoms in total. The highest BCUT2D eigenvalue weighted by Gasteiger charge is 2.42. The van der Waals surface area contributed by atoms with Crippen molar-refractivity contribution in [3.8, 4) is 11.1 Å². The molecule has 2 aromatic carbocycles. The SMILES string of the molecule is CC(C)OC(=O)N(C)CCCC1c2cc([N+](=O)[O-])cc([N+](=O)[O-])c2-c2c1cc([N+](=O)[O-])cc2[N+](=O)[O-]. The molecule has 0 aromatic heterocycles. The van der Waals surface area contributed by atoms with Gasteiger partial charge in [-0.25, -0.2) is 4.79 Å². The van der Waals surface area contributed by atoms with Crippen LogP contribution < -0.4 is 0 Å². The average molecular weight is 503 g/mol. The van der Waals surface area contributed by atoms with Crippen molar-refractivity contribution in [2.24, 2.45) is 0 Å². The van der Waals surface area contributed by atoms with Gasteiger partial charge in [0.1, 0.15) is 0 Å². The van der Waals surface area contributed by atoms with Crippen molar-refractivity contribution in [3.05, 3.63) is 75.8 Å². The first-order chi connectivity index (χ1) is 16.8. The summed E-state index contributed by atoms with van der Waals surface area (Å²) in [5, 5.41) is 46.6. The summed E-state index contributed by atoms with van der Waals surface area (Å²) in [6.45, 7) is 3.52. The topological polar surface area (TPSA) is 202 Å². The minimum Gasteiger partial charge on any atom is -0.447 e. The number of amides is 1. The number of nitro benzene ring substituents is 4. The molecular formula is C21H21N5O10. The van der Waals surface area contributed by atoms with Crippen LogP contribution in [0.1, 0.15) is 43.7 Å². The summed E-state index contributed by atoms with van der Waals surface area (Å²) in [5.41, 5.74) is -2.79. The van der Waals surface area contributed by atoms with Crippen molar-refractivity contribution in [1.82, 2.24) is 4.90 Å². The van der Waals surface area contributed by atoms with E-state index in [1.807, 2.05) is 0 Å². The maximum Gasteiger partial charge on any atom is 0.409 e. The van der Waals surface area contributed by atoms with Gasteiger partial charge in [-0.1, -0.05) is 0 Å². The molecule has 0 atom stereocenters. The number of nitro groups is 4. The summed E-state index contributed by atoms with van der Waals surface area (Å²) >= 11 is 0. The second-order valence-corrected chi connectivity index (χ2v) is 8.44. The van der Waals surface area contributed by atoms with E-state index in [0.29, 0.717) is 12.1 Å². The third kappa shape index (κ3) is 4.89. The summed E-state index contributed by atoms with van der Waals surface area (Å²) < 4.78 is 5.10. The number of non-ortho nitro benzene ring substituents is 2. The highest BCUT2D eigenvalue weighted by Crippen LogP contribution is 2.55. The molecule has 1 aliphatic rings. The largest absolute Gasteiger partial charge is 0.447 e. The number of carbonyl (C=O) groups is 1. The molecule has 0 saturated heterocycles. The second-order valence-electron chi connectivity index (χ2n) is 8.44. The average Bonchev–Trinajstić information content (AvgIpc) is 3.10. The van der Waals surface area contributed by atoms with E-state index >= 15 is 0 Å². The van der Waals surface area contributed by atoms with Gasteiger partial charge in [-0.3, -0.25) is 40.5 Å². The minimum absolute atomic E-state index is 0.0851. The van der Waals surface area contributed by atoms with Crippen LogP contribution >= 0.6 is 0 Å². The third-order valence-electron chi connectivity index (χ3n) is 5.72. The summed E-state index contributed by atoms with van der Waals surface area (Å²) in [4.78, 5) is 56.5. The molecule has 0 heterocycles. The quantitative estimate of drug-likeness (QED) is 0.341. The van der Waals surface area contributed by atoms with Gasteiger partial charge in [-0.2, -0.15) is 0 Å². The number of benzene rings is 2. The van der Waals surface area contributed by atoms with Gasteiger partial charge in [0.2, 0.25) is 0 Å². The van der Waals surface area contributed by atoms with Gasteiger partial charge < -0.3 is 9.64 Å². The van der Waals surface area contributed by atoms with Crippen LogP contribution in [0.3, 0.4) is 0 Å². The lowest BCUT2D eigenvalue weighted by Gasteiger charge is -2.20. The number of rotatable bonds is 9. The molecule has 1 aliphatic carbocycles. The van der Waals surface area contributed by atoms with Gasteiger partial charge in [0.05, 0.1) is 49.1 Å². The lowest BCUT2D eigenvalue weighted by molar-refractivity contribution is -0.395. The van der Waals surface area contributed by atoms with Crippen molar-refractivity contribution in [1.29, 1.82) is 0 Å². The van der Waals surface area contributed by atoms with Gasteiger partial charge in [0, 0.05) is 31.6 Å². The van der Waals surface area contributed by atoms with Gasteiger partial charge in [-0.05, 0) is 37.8 Å². The van der Waals surface area contributed by atoms with Crippen molar-refractivity contribution in [2.45, 2.75) is 38.7 Å². The number of hydrogen-bond acceptors (Lipinski definition) is 10. The van der Waals surface area contributed by atoms with E-state index in [4.69, 9.17) is 4.74 Å². The lowest BCUT2D eigenvalue weighted by atomic mass is 9.91. The van der Waals surface area contributed by atoms with Crippen molar-refractivity contribution < 1.29 is 29.2 Å². The zero-order valence-electron chi connectivity index (χ0n) is 19.4. The predicted molar refractivity (Wildman–Crippen MR) is 124 cm³/mol. The highest BCUT2D eigenvalue weighted by molar-refractivity contribution is 5.93. The van der Waals surface area contributed by atoms with E-state index in [-0.39, 0.29) is 47.7 Å². The van der Waals surface area contributed by atoms with Crippen LogP contribution in [0.2, 0.25) is 0 Å². The normalized spacial score (nSPS) is 12.1. The standard InChI is InChI=1S/C21H21N5O10/c1-11(2)36-21(27)22(3)6-4-5-14-15-7-12(23(28)29)9-17(25(32)33)19(15)20-16(14)8-13(24(30)31)10-18(20)26(34)35/h7-11,14H,4-6H2,1-3H3. The first kappa shape index (κ1) is 25.9. The monoisotopic (exact) mass is 503 g/mol. The maximum atomic E-state index is 12.1. The van der Waals surface area contributed by atoms with E-state index in [0.717, 1.165) is 12.1 Å². The molecule has 0 saturated carbocycles. The van der Waals surface area contributed by atoms with E-state index in [9.17, 15) is 45.3 Å². The van der Waals surface area contributed by atoms with Crippen molar-refractivity contribution in [2.75, 3.05) is 13.6 Å². The Hall–Kier alpha value is -4.69. The smallest absolute Gasteiger partial charge is 0.409 e. The first-order valence-corrected chi connectivity index (χ1v) is 10.7. The molecule has 0 aliphatic heterocycles. The Morgan fingerprint density at radius 1 is 0.861 bits per heavy atom. The fraction of sp³-hybridized carbons (Fsp3) is 0.381. The fourth-order valence-electron chi connectivity index (χ4n) is 4.25. The van der Waals surface area contributed by atoms with Gasteiger partial charge >= 0.3 is 6.09 Å². The van der Waals surface area contributed by atoms with Crippen LogP contribution in [0.15, 0.2) is 24.3 Å². The number of hydrogen-bond donors (Lipinski definition) is 0. The van der Waals surface area contributed by atoms with Gasteiger partial charge in [0.15, 0.2) is 0 Å². The van der Waals surface area contributed by atoms with E-state index in [1.165, 1.54) is 11.9 Å². The van der Waals surface area contributed by atoms with Crippen LogP contribution in [0, 0.1) is 40.5 Å². The molecule has 190 valence electrons. The molecule has 0 N–H and O–H groups in total. The van der Waals surface area contributed by atoms with Crippen LogP contribution in [0.5, 0.6) is 0 Å². The Labute approximate surface area is 202 Å². The van der Waals surface area contributed by atoms with Crippen LogP contribution in [0.4, 0.5) is 27.5 Å². The maximum absolute atomic E-state index is 12.1. The summed E-state index contributed by atoms with van der Waals surface area (Å²) in [7, 11) is 1.49. The van der Waals surface area contributed by atoms with E-state index in [1.54, 1.807) is 13.8 Å². The Balaban J connectivity index is 2.16. The molecule has 0 bridgehead atoms. The van der Waals surface area contributed by atoms with Crippen LogP contribution in [0.25, 0.3) is 11.1 Å². The Morgan fingerprint density at radius 2 is 1.31 bits per heavy atom. The molecule has 36 heavy (non-hydrogen) atoms. The van der Waals surface area contributed by atoms with Crippen LogP contribution in [-0.4, -0.2) is 50.4 Å². The van der Waals surface area contributed by atoms with E-state index < -0.39 is 54.5 Å². The van der Waals surface area contributed by atoms with Gasteiger partial charge in [0.25, 0.3) is 22.7 Å². The van der Waals surface area contributed by atoms with Crippen LogP contribution in [-0.2, 0) is 4.74 Å². The number of nitrogens with zero attached hydrogens (tertiary/aromatic N) is 5. The molecule has 15 heteroatoms. The third-order valence-corrected chi connectivity index (χ3v) is 5.72.